The molecule has 0 radical (unpaired) electrons. The number of likely N-dealkylation sites (tertiary alicyclic amines) is 1. The van der Waals surface area contributed by atoms with Crippen molar-refractivity contribution in [1.29, 1.82) is 0 Å². The van der Waals surface area contributed by atoms with Crippen LogP contribution in [-0.4, -0.2) is 37.1 Å². The fraction of sp³-hybridized carbons (Fsp3) is 1.00. The first-order chi connectivity index (χ1) is 8.19. The second kappa shape index (κ2) is 8.10. The van der Waals surface area contributed by atoms with E-state index in [0.29, 0.717) is 0 Å². The summed E-state index contributed by atoms with van der Waals surface area (Å²) in [6.07, 6.45) is 5.63. The second-order valence-corrected chi connectivity index (χ2v) is 5.77. The first-order valence-corrected chi connectivity index (χ1v) is 7.63. The van der Waals surface area contributed by atoms with Crippen LogP contribution in [0.2, 0.25) is 0 Å². The summed E-state index contributed by atoms with van der Waals surface area (Å²) in [5.41, 5.74) is 0. The van der Waals surface area contributed by atoms with E-state index in [1.807, 2.05) is 0 Å². The van der Waals surface area contributed by atoms with Gasteiger partial charge in [0.05, 0.1) is 0 Å². The van der Waals surface area contributed by atoms with Crippen molar-refractivity contribution >= 4 is 0 Å². The second-order valence-electron chi connectivity index (χ2n) is 5.77. The van der Waals surface area contributed by atoms with Crippen molar-refractivity contribution in [3.8, 4) is 0 Å². The molecule has 0 spiro atoms. The van der Waals surface area contributed by atoms with Gasteiger partial charge in [0.15, 0.2) is 0 Å². The fourth-order valence-electron chi connectivity index (χ4n) is 2.91. The zero-order valence-corrected chi connectivity index (χ0v) is 12.3. The van der Waals surface area contributed by atoms with E-state index in [4.69, 9.17) is 0 Å². The number of rotatable bonds is 6. The van der Waals surface area contributed by atoms with E-state index < -0.39 is 0 Å². The van der Waals surface area contributed by atoms with Crippen LogP contribution in [0.5, 0.6) is 0 Å². The maximum Gasteiger partial charge on any atom is 0.0105 e. The van der Waals surface area contributed by atoms with Gasteiger partial charge in [-0.1, -0.05) is 27.2 Å². The molecule has 17 heavy (non-hydrogen) atoms. The SMILES string of the molecule is CCNCC(C)C(C)N1CCCC(CC)CC1. The molecule has 1 aliphatic heterocycles. The molecule has 1 heterocycles. The monoisotopic (exact) mass is 240 g/mol. The van der Waals surface area contributed by atoms with Crippen LogP contribution < -0.4 is 5.32 Å². The number of nitrogens with zero attached hydrogens (tertiary/aromatic N) is 1. The zero-order chi connectivity index (χ0) is 12.7. The van der Waals surface area contributed by atoms with E-state index in [1.54, 1.807) is 0 Å². The standard InChI is InChI=1S/C15H32N2/c1-5-15-8-7-10-17(11-9-15)14(4)13(3)12-16-6-2/h13-16H,5-12H2,1-4H3. The van der Waals surface area contributed by atoms with E-state index in [0.717, 1.165) is 31.0 Å². The Balaban J connectivity index is 2.37. The van der Waals surface area contributed by atoms with Crippen molar-refractivity contribution in [1.82, 2.24) is 10.2 Å². The van der Waals surface area contributed by atoms with Crippen molar-refractivity contribution in [2.75, 3.05) is 26.2 Å². The third kappa shape index (κ3) is 4.97. The van der Waals surface area contributed by atoms with Crippen LogP contribution >= 0.6 is 0 Å². The zero-order valence-electron chi connectivity index (χ0n) is 12.3. The van der Waals surface area contributed by atoms with Crippen molar-refractivity contribution < 1.29 is 0 Å². The van der Waals surface area contributed by atoms with Crippen LogP contribution in [0, 0.1) is 11.8 Å². The lowest BCUT2D eigenvalue weighted by Gasteiger charge is -2.32. The lowest BCUT2D eigenvalue weighted by Crippen LogP contribution is -2.41. The number of hydrogen-bond acceptors (Lipinski definition) is 2. The molecule has 2 heteroatoms. The Morgan fingerprint density at radius 3 is 2.59 bits per heavy atom. The molecule has 0 amide bonds. The van der Waals surface area contributed by atoms with E-state index in [9.17, 15) is 0 Å². The van der Waals surface area contributed by atoms with Crippen LogP contribution in [0.15, 0.2) is 0 Å². The molecule has 3 unspecified atom stereocenters. The molecule has 0 aromatic rings. The first kappa shape index (κ1) is 15.0. The van der Waals surface area contributed by atoms with Gasteiger partial charge >= 0.3 is 0 Å². The highest BCUT2D eigenvalue weighted by molar-refractivity contribution is 4.78. The third-order valence-corrected chi connectivity index (χ3v) is 4.58. The maximum atomic E-state index is 3.48. The molecular formula is C15H32N2. The summed E-state index contributed by atoms with van der Waals surface area (Å²) in [6, 6.07) is 0.727. The van der Waals surface area contributed by atoms with Gasteiger partial charge in [-0.15, -0.1) is 0 Å². The molecule has 0 saturated carbocycles. The van der Waals surface area contributed by atoms with Gasteiger partial charge in [0, 0.05) is 6.04 Å². The number of nitrogens with one attached hydrogen (secondary N) is 1. The molecule has 0 aliphatic carbocycles. The maximum absolute atomic E-state index is 3.48. The smallest absolute Gasteiger partial charge is 0.0105 e. The van der Waals surface area contributed by atoms with Crippen molar-refractivity contribution in [2.45, 2.75) is 59.4 Å². The molecule has 2 nitrogen and oxygen atoms in total. The Kier molecular flexibility index (Phi) is 7.14. The minimum Gasteiger partial charge on any atom is -0.317 e. The highest BCUT2D eigenvalue weighted by atomic mass is 15.2. The van der Waals surface area contributed by atoms with Gasteiger partial charge in [-0.05, 0) is 64.2 Å². The van der Waals surface area contributed by atoms with Gasteiger partial charge in [0.25, 0.3) is 0 Å². The predicted molar refractivity (Wildman–Crippen MR) is 76.4 cm³/mol. The quantitative estimate of drug-likeness (QED) is 0.767. The fourth-order valence-corrected chi connectivity index (χ4v) is 2.91. The molecule has 0 aromatic carbocycles. The molecular weight excluding hydrogens is 208 g/mol. The highest BCUT2D eigenvalue weighted by Gasteiger charge is 2.22. The average Bonchev–Trinajstić information content (AvgIpc) is 2.60. The summed E-state index contributed by atoms with van der Waals surface area (Å²) >= 11 is 0. The molecule has 102 valence electrons. The van der Waals surface area contributed by atoms with Gasteiger partial charge in [0.1, 0.15) is 0 Å². The van der Waals surface area contributed by atoms with Crippen LogP contribution in [0.25, 0.3) is 0 Å². The molecule has 1 aliphatic rings. The highest BCUT2D eigenvalue weighted by Crippen LogP contribution is 2.23. The van der Waals surface area contributed by atoms with Crippen molar-refractivity contribution in [3.05, 3.63) is 0 Å². The minimum absolute atomic E-state index is 0.727. The molecule has 1 fully saturated rings. The lowest BCUT2D eigenvalue weighted by atomic mass is 9.98. The van der Waals surface area contributed by atoms with E-state index in [1.165, 1.54) is 38.8 Å². The van der Waals surface area contributed by atoms with Gasteiger partial charge in [0.2, 0.25) is 0 Å². The van der Waals surface area contributed by atoms with Gasteiger partial charge < -0.3 is 10.2 Å². The summed E-state index contributed by atoms with van der Waals surface area (Å²) in [7, 11) is 0. The summed E-state index contributed by atoms with van der Waals surface area (Å²) in [6.45, 7) is 14.2. The van der Waals surface area contributed by atoms with Crippen LogP contribution in [-0.2, 0) is 0 Å². The summed E-state index contributed by atoms with van der Waals surface area (Å²) in [5, 5.41) is 3.48. The molecule has 0 bridgehead atoms. The van der Waals surface area contributed by atoms with Crippen LogP contribution in [0.1, 0.15) is 53.4 Å². The predicted octanol–water partition coefficient (Wildman–Crippen LogP) is 3.13. The topological polar surface area (TPSA) is 15.3 Å². The normalized spacial score (nSPS) is 26.5. The van der Waals surface area contributed by atoms with Gasteiger partial charge in [-0.2, -0.15) is 0 Å². The number of hydrogen-bond donors (Lipinski definition) is 1. The largest absolute Gasteiger partial charge is 0.317 e. The Hall–Kier alpha value is -0.0800. The molecule has 0 aromatic heterocycles. The van der Waals surface area contributed by atoms with Crippen molar-refractivity contribution in [2.24, 2.45) is 11.8 Å². The first-order valence-electron chi connectivity index (χ1n) is 7.63. The summed E-state index contributed by atoms with van der Waals surface area (Å²) < 4.78 is 0. The minimum atomic E-state index is 0.727. The Morgan fingerprint density at radius 2 is 1.94 bits per heavy atom. The van der Waals surface area contributed by atoms with Crippen molar-refractivity contribution in [3.63, 3.8) is 0 Å². The molecule has 3 atom stereocenters. The van der Waals surface area contributed by atoms with E-state index >= 15 is 0 Å². The van der Waals surface area contributed by atoms with Gasteiger partial charge in [-0.25, -0.2) is 0 Å². The molecule has 1 rings (SSSR count). The Morgan fingerprint density at radius 1 is 1.18 bits per heavy atom. The lowest BCUT2D eigenvalue weighted by molar-refractivity contribution is 0.163. The van der Waals surface area contributed by atoms with Gasteiger partial charge in [-0.3, -0.25) is 0 Å². The molecule has 1 N–H and O–H groups in total. The molecule has 1 saturated heterocycles. The van der Waals surface area contributed by atoms with Crippen LogP contribution in [0.4, 0.5) is 0 Å². The van der Waals surface area contributed by atoms with E-state index in [-0.39, 0.29) is 0 Å². The van der Waals surface area contributed by atoms with Crippen LogP contribution in [0.3, 0.4) is 0 Å². The third-order valence-electron chi connectivity index (χ3n) is 4.58. The average molecular weight is 240 g/mol. The Labute approximate surface area is 108 Å². The summed E-state index contributed by atoms with van der Waals surface area (Å²) in [4.78, 5) is 2.72. The Bertz CT molecular complexity index is 193. The summed E-state index contributed by atoms with van der Waals surface area (Å²) in [5.74, 6) is 1.74. The van der Waals surface area contributed by atoms with E-state index in [2.05, 4.69) is 37.9 Å².